The van der Waals surface area contributed by atoms with Gasteiger partial charge < -0.3 is 35.8 Å². The van der Waals surface area contributed by atoms with Gasteiger partial charge in [-0.25, -0.2) is 4.79 Å². The molecule has 0 aromatic heterocycles. The molecule has 7 rings (SSSR count). The summed E-state index contributed by atoms with van der Waals surface area (Å²) in [6.07, 6.45) is 1.25. The minimum Gasteiger partial charge on any atom is -0.467 e. The number of nitrogens with two attached hydrogens (primary N) is 1. The highest BCUT2D eigenvalue weighted by atomic mass is 16.5. The first-order valence-electron chi connectivity index (χ1n) is 14.0. The van der Waals surface area contributed by atoms with E-state index in [0.717, 1.165) is 43.0 Å². The Kier molecular flexibility index (Phi) is 10.4. The molecule has 11 heteroatoms. The van der Waals surface area contributed by atoms with Crippen molar-refractivity contribution in [3.8, 4) is 0 Å². The number of hydrogen-bond donors (Lipinski definition) is 3. The predicted molar refractivity (Wildman–Crippen MR) is 156 cm³/mol. The highest BCUT2D eigenvalue weighted by molar-refractivity contribution is 5.93. The van der Waals surface area contributed by atoms with Crippen molar-refractivity contribution in [2.45, 2.75) is 37.8 Å². The molecule has 2 aromatic rings. The summed E-state index contributed by atoms with van der Waals surface area (Å²) >= 11 is 0. The van der Waals surface area contributed by atoms with Crippen molar-refractivity contribution in [1.29, 1.82) is 0 Å². The number of fused-ring (bicyclic) bond motifs is 3. The first-order chi connectivity index (χ1) is 19.7. The van der Waals surface area contributed by atoms with Crippen LogP contribution >= 0.6 is 0 Å². The topological polar surface area (TPSA) is 137 Å². The maximum Gasteiger partial charge on any atom is 0.328 e. The van der Waals surface area contributed by atoms with Gasteiger partial charge in [0, 0.05) is 77.0 Å². The van der Waals surface area contributed by atoms with E-state index in [1.165, 1.54) is 7.11 Å². The van der Waals surface area contributed by atoms with Gasteiger partial charge >= 0.3 is 5.97 Å². The molecule has 2 atom stereocenters. The van der Waals surface area contributed by atoms with Crippen LogP contribution in [0.1, 0.15) is 24.0 Å². The number of amides is 3. The summed E-state index contributed by atoms with van der Waals surface area (Å²) in [7, 11) is 3.02. The second-order valence-electron chi connectivity index (χ2n) is 10.6. The number of piperazine rings is 1. The summed E-state index contributed by atoms with van der Waals surface area (Å²) in [5.41, 5.74) is 9.23. The van der Waals surface area contributed by atoms with Crippen LogP contribution in [0.15, 0.2) is 48.5 Å². The highest BCUT2D eigenvalue weighted by Crippen LogP contribution is 2.17. The number of methoxy groups -OCH3 is 1. The van der Waals surface area contributed by atoms with E-state index in [1.807, 2.05) is 36.4 Å². The molecule has 3 amide bonds. The molecule has 1 saturated heterocycles. The molecule has 4 N–H and O–H groups in total. The van der Waals surface area contributed by atoms with Crippen LogP contribution in [0, 0.1) is 0 Å². The Bertz CT molecular complexity index is 1210. The Labute approximate surface area is 241 Å². The fraction of sp³-hybridized carbons (Fsp3) is 0.467. The highest BCUT2D eigenvalue weighted by Gasteiger charge is 2.25. The zero-order valence-corrected chi connectivity index (χ0v) is 23.8. The zero-order chi connectivity index (χ0) is 29.4. The minimum absolute atomic E-state index is 0.0137. The molecule has 220 valence electrons. The molecule has 0 unspecified atom stereocenters. The summed E-state index contributed by atoms with van der Waals surface area (Å²) in [6, 6.07) is 12.8. The molecule has 2 aromatic carbocycles. The fourth-order valence-corrected chi connectivity index (χ4v) is 5.06. The lowest BCUT2D eigenvalue weighted by atomic mass is 10.0. The Morgan fingerprint density at radius 3 is 2.00 bits per heavy atom. The number of carbonyl (C=O) groups is 4. The lowest BCUT2D eigenvalue weighted by Gasteiger charge is -2.34. The van der Waals surface area contributed by atoms with Crippen molar-refractivity contribution in [2.75, 3.05) is 63.6 Å². The van der Waals surface area contributed by atoms with Crippen LogP contribution in [0.2, 0.25) is 0 Å². The predicted octanol–water partition coefficient (Wildman–Crippen LogP) is 0.770. The van der Waals surface area contributed by atoms with E-state index in [9.17, 15) is 19.2 Å². The van der Waals surface area contributed by atoms with Crippen LogP contribution < -0.4 is 21.3 Å². The van der Waals surface area contributed by atoms with Crippen LogP contribution in [0.3, 0.4) is 0 Å². The summed E-state index contributed by atoms with van der Waals surface area (Å²) in [6.45, 7) is 4.77. The van der Waals surface area contributed by atoms with E-state index >= 15 is 0 Å². The van der Waals surface area contributed by atoms with Crippen molar-refractivity contribution in [1.82, 2.24) is 15.1 Å². The van der Waals surface area contributed by atoms with E-state index in [2.05, 4.69) is 20.4 Å². The van der Waals surface area contributed by atoms with Crippen LogP contribution in [0.5, 0.6) is 0 Å². The van der Waals surface area contributed by atoms with Gasteiger partial charge in [0.2, 0.25) is 17.7 Å². The van der Waals surface area contributed by atoms with Crippen LogP contribution in [-0.4, -0.2) is 99.0 Å². The number of benzene rings is 2. The van der Waals surface area contributed by atoms with E-state index in [0.29, 0.717) is 31.6 Å². The van der Waals surface area contributed by atoms with Gasteiger partial charge in [-0.15, -0.1) is 0 Å². The van der Waals surface area contributed by atoms with Crippen LogP contribution in [-0.2, 0) is 36.8 Å². The molecule has 1 fully saturated rings. The van der Waals surface area contributed by atoms with E-state index < -0.39 is 24.0 Å². The molecular formula is C30H40N6O5. The zero-order valence-electron chi connectivity index (χ0n) is 23.8. The summed E-state index contributed by atoms with van der Waals surface area (Å²) < 4.78 is 4.92. The second kappa shape index (κ2) is 14.2. The molecular weight excluding hydrogens is 524 g/mol. The van der Waals surface area contributed by atoms with E-state index in [1.54, 1.807) is 24.1 Å². The number of rotatable bonds is 1. The Balaban J connectivity index is 1.50. The van der Waals surface area contributed by atoms with Gasteiger partial charge in [-0.3, -0.25) is 14.4 Å². The maximum absolute atomic E-state index is 12.9. The van der Waals surface area contributed by atoms with Crippen LogP contribution in [0.4, 0.5) is 11.4 Å². The number of hydrogen-bond acceptors (Lipinski definition) is 8. The normalized spacial score (nSPS) is 25.0. The van der Waals surface area contributed by atoms with Crippen molar-refractivity contribution in [3.05, 3.63) is 59.7 Å². The van der Waals surface area contributed by atoms with Crippen molar-refractivity contribution in [2.24, 2.45) is 5.73 Å². The maximum atomic E-state index is 12.9. The lowest BCUT2D eigenvalue weighted by molar-refractivity contribution is -0.145. The minimum atomic E-state index is -0.916. The SMILES string of the molecule is COC(=O)[C@@H]1Cc2ccc(cc2)N(C)C(=O)CCN2CCN(CCC(=O)Nc3ccc(cc3)C[C@@H](N)C(=O)N1)CC2. The van der Waals surface area contributed by atoms with Gasteiger partial charge in [-0.05, 0) is 41.8 Å². The average molecular weight is 565 g/mol. The molecule has 6 bridgehead atoms. The standard InChI is InChI=1S/C30H40N6O5/c1-34-24-9-5-22(6-10-24)20-26(30(40)41-2)33-29(39)25(31)19-21-3-7-23(8-4-21)32-27(37)11-13-35-15-17-36(18-16-35)14-12-28(34)38/h3-10,25-26H,11-20,31H2,1-2H3,(H,32,37)(H,33,39)/t25-,26+/m1/s1. The Morgan fingerprint density at radius 2 is 1.39 bits per heavy atom. The number of anilines is 2. The third kappa shape index (κ3) is 8.59. The van der Waals surface area contributed by atoms with Crippen molar-refractivity contribution < 1.29 is 23.9 Å². The summed E-state index contributed by atoms with van der Waals surface area (Å²) in [5, 5.41) is 5.65. The van der Waals surface area contributed by atoms with Gasteiger partial charge in [-0.1, -0.05) is 24.3 Å². The number of ether oxygens (including phenoxy) is 1. The average Bonchev–Trinajstić information content (AvgIpc) is 2.99. The van der Waals surface area contributed by atoms with Gasteiger partial charge in [0.15, 0.2) is 0 Å². The number of carbonyl (C=O) groups excluding carboxylic acids is 4. The molecule has 0 saturated carbocycles. The third-order valence-electron chi connectivity index (χ3n) is 7.73. The molecule has 0 spiro atoms. The Hall–Kier alpha value is -3.80. The quantitative estimate of drug-likeness (QED) is 0.432. The molecule has 11 nitrogen and oxygen atoms in total. The van der Waals surface area contributed by atoms with Gasteiger partial charge in [0.1, 0.15) is 6.04 Å². The van der Waals surface area contributed by atoms with Crippen molar-refractivity contribution >= 4 is 35.1 Å². The largest absolute Gasteiger partial charge is 0.467 e. The summed E-state index contributed by atoms with van der Waals surface area (Å²) in [5.74, 6) is -1.09. The monoisotopic (exact) mass is 564 g/mol. The van der Waals surface area contributed by atoms with Gasteiger partial charge in [-0.2, -0.15) is 0 Å². The molecule has 5 aliphatic rings. The number of esters is 1. The van der Waals surface area contributed by atoms with E-state index in [4.69, 9.17) is 10.5 Å². The van der Waals surface area contributed by atoms with Gasteiger partial charge in [0.25, 0.3) is 0 Å². The number of nitrogens with one attached hydrogen (secondary N) is 2. The lowest BCUT2D eigenvalue weighted by Crippen LogP contribution is -2.50. The third-order valence-corrected chi connectivity index (χ3v) is 7.73. The first-order valence-corrected chi connectivity index (χ1v) is 14.0. The molecule has 41 heavy (non-hydrogen) atoms. The van der Waals surface area contributed by atoms with E-state index in [-0.39, 0.29) is 24.7 Å². The van der Waals surface area contributed by atoms with Crippen LogP contribution in [0.25, 0.3) is 0 Å². The summed E-state index contributed by atoms with van der Waals surface area (Å²) in [4.78, 5) is 57.0. The smallest absolute Gasteiger partial charge is 0.328 e. The number of nitrogens with zero attached hydrogens (tertiary/aromatic N) is 3. The second-order valence-corrected chi connectivity index (χ2v) is 10.6. The molecule has 0 radical (unpaired) electrons. The van der Waals surface area contributed by atoms with Crippen molar-refractivity contribution in [3.63, 3.8) is 0 Å². The first kappa shape index (κ1) is 30.2. The van der Waals surface area contributed by atoms with Gasteiger partial charge in [0.05, 0.1) is 13.2 Å². The molecule has 5 aliphatic heterocycles. The fourth-order valence-electron chi connectivity index (χ4n) is 5.06. The molecule has 5 heterocycles. The Morgan fingerprint density at radius 1 is 0.829 bits per heavy atom. The molecule has 0 aliphatic carbocycles.